The van der Waals surface area contributed by atoms with Gasteiger partial charge >= 0.3 is 5.97 Å². The Morgan fingerprint density at radius 3 is 2.63 bits per heavy atom. The third-order valence-corrected chi connectivity index (χ3v) is 3.82. The third kappa shape index (κ3) is 7.62. The molecule has 1 aromatic rings. The fourth-order valence-corrected chi connectivity index (χ4v) is 2.69. The van der Waals surface area contributed by atoms with Gasteiger partial charge in [0.15, 0.2) is 0 Å². The van der Waals surface area contributed by atoms with Crippen LogP contribution < -0.4 is 5.32 Å². The van der Waals surface area contributed by atoms with Gasteiger partial charge in [0, 0.05) is 29.1 Å². The zero-order valence-electron chi connectivity index (χ0n) is 11.3. The van der Waals surface area contributed by atoms with Crippen molar-refractivity contribution in [2.24, 2.45) is 0 Å². The van der Waals surface area contributed by atoms with Gasteiger partial charge in [-0.25, -0.2) is 0 Å². The van der Waals surface area contributed by atoms with Crippen molar-refractivity contribution in [3.8, 4) is 0 Å². The predicted molar refractivity (Wildman–Crippen MR) is 76.5 cm³/mol. The summed E-state index contributed by atoms with van der Waals surface area (Å²) in [6, 6.07) is 4.21. The molecule has 1 amide bonds. The highest BCUT2D eigenvalue weighted by Gasteiger charge is 2.03. The lowest BCUT2D eigenvalue weighted by Gasteiger charge is -2.04. The van der Waals surface area contributed by atoms with Crippen molar-refractivity contribution in [2.45, 2.75) is 45.4 Å². The number of carbonyl (C=O) groups excluding carboxylic acids is 1. The fourth-order valence-electron chi connectivity index (χ4n) is 1.76. The van der Waals surface area contributed by atoms with Gasteiger partial charge in [0.2, 0.25) is 5.91 Å². The van der Waals surface area contributed by atoms with Crippen LogP contribution in [0.5, 0.6) is 0 Å². The van der Waals surface area contributed by atoms with E-state index in [1.54, 1.807) is 11.3 Å². The number of thiophene rings is 1. The number of aliphatic carboxylic acids is 1. The first-order valence-electron chi connectivity index (χ1n) is 6.62. The molecule has 0 atom stereocenters. The van der Waals surface area contributed by atoms with Crippen LogP contribution in [0.4, 0.5) is 0 Å². The van der Waals surface area contributed by atoms with E-state index in [0.29, 0.717) is 19.4 Å². The van der Waals surface area contributed by atoms with Gasteiger partial charge in [-0.3, -0.25) is 9.59 Å². The van der Waals surface area contributed by atoms with E-state index < -0.39 is 5.97 Å². The Labute approximate surface area is 117 Å². The Morgan fingerprint density at radius 1 is 1.21 bits per heavy atom. The Morgan fingerprint density at radius 2 is 2.00 bits per heavy atom. The molecule has 1 heterocycles. The van der Waals surface area contributed by atoms with Crippen molar-refractivity contribution < 1.29 is 14.7 Å². The number of unbranched alkanes of at least 4 members (excludes halogenated alkanes) is 1. The average Bonchev–Trinajstić information content (AvgIpc) is 2.74. The molecule has 0 fully saturated rings. The average molecular weight is 283 g/mol. The molecule has 0 saturated carbocycles. The number of rotatable bonds is 9. The van der Waals surface area contributed by atoms with Crippen LogP contribution in [0, 0.1) is 6.92 Å². The minimum absolute atomic E-state index is 0.0589. The Bertz CT molecular complexity index is 415. The molecule has 0 radical (unpaired) electrons. The quantitative estimate of drug-likeness (QED) is 0.685. The summed E-state index contributed by atoms with van der Waals surface area (Å²) < 4.78 is 0. The summed E-state index contributed by atoms with van der Waals surface area (Å²) in [7, 11) is 0. The maximum Gasteiger partial charge on any atom is 0.303 e. The van der Waals surface area contributed by atoms with Gasteiger partial charge < -0.3 is 10.4 Å². The molecule has 1 aromatic heterocycles. The van der Waals surface area contributed by atoms with Crippen molar-refractivity contribution in [3.63, 3.8) is 0 Å². The van der Waals surface area contributed by atoms with Crippen molar-refractivity contribution in [3.05, 3.63) is 21.9 Å². The minimum atomic E-state index is -0.780. The number of amides is 1. The van der Waals surface area contributed by atoms with Crippen LogP contribution in [-0.2, 0) is 16.0 Å². The first-order valence-corrected chi connectivity index (χ1v) is 7.43. The van der Waals surface area contributed by atoms with Crippen molar-refractivity contribution in [1.29, 1.82) is 0 Å². The lowest BCUT2D eigenvalue weighted by molar-refractivity contribution is -0.137. The molecule has 0 unspecified atom stereocenters. The van der Waals surface area contributed by atoms with Crippen LogP contribution in [0.15, 0.2) is 12.1 Å². The molecular formula is C14H21NO3S. The Hall–Kier alpha value is -1.36. The highest BCUT2D eigenvalue weighted by molar-refractivity contribution is 7.11. The standard InChI is InChI=1S/C14H21NO3S/c1-11-8-9-12(19-11)5-4-6-13(16)15-10-3-2-7-14(17)18/h8-9H,2-7,10H2,1H3,(H,15,16)(H,17,18). The maximum atomic E-state index is 11.5. The normalized spacial score (nSPS) is 10.4. The number of hydrogen-bond donors (Lipinski definition) is 2. The van der Waals surface area contributed by atoms with E-state index in [4.69, 9.17) is 5.11 Å². The van der Waals surface area contributed by atoms with Gasteiger partial charge in [0.1, 0.15) is 0 Å². The molecule has 0 spiro atoms. The lowest BCUT2D eigenvalue weighted by atomic mass is 10.2. The van der Waals surface area contributed by atoms with Gasteiger partial charge in [-0.05, 0) is 44.7 Å². The summed E-state index contributed by atoms with van der Waals surface area (Å²) in [6.07, 6.45) is 3.86. The van der Waals surface area contributed by atoms with Crippen LogP contribution in [0.2, 0.25) is 0 Å². The van der Waals surface area contributed by atoms with Gasteiger partial charge in [-0.1, -0.05) is 0 Å². The lowest BCUT2D eigenvalue weighted by Crippen LogP contribution is -2.24. The summed E-state index contributed by atoms with van der Waals surface area (Å²) in [5.41, 5.74) is 0. The van der Waals surface area contributed by atoms with E-state index in [1.807, 2.05) is 0 Å². The summed E-state index contributed by atoms with van der Waals surface area (Å²) in [4.78, 5) is 24.4. The van der Waals surface area contributed by atoms with E-state index >= 15 is 0 Å². The van der Waals surface area contributed by atoms with Crippen molar-refractivity contribution in [2.75, 3.05) is 6.54 Å². The second kappa shape index (κ2) is 8.69. The number of hydrogen-bond acceptors (Lipinski definition) is 3. The monoisotopic (exact) mass is 283 g/mol. The first kappa shape index (κ1) is 15.7. The summed E-state index contributed by atoms with van der Waals surface area (Å²) in [6.45, 7) is 2.65. The van der Waals surface area contributed by atoms with E-state index in [9.17, 15) is 9.59 Å². The molecule has 0 aliphatic carbocycles. The van der Waals surface area contributed by atoms with Gasteiger partial charge in [0.05, 0.1) is 0 Å². The largest absolute Gasteiger partial charge is 0.481 e. The maximum absolute atomic E-state index is 11.5. The van der Waals surface area contributed by atoms with Crippen molar-refractivity contribution in [1.82, 2.24) is 5.32 Å². The number of aryl methyl sites for hydroxylation is 2. The van der Waals surface area contributed by atoms with Gasteiger partial charge in [0.25, 0.3) is 0 Å². The van der Waals surface area contributed by atoms with Gasteiger partial charge in [-0.15, -0.1) is 11.3 Å². The summed E-state index contributed by atoms with van der Waals surface area (Å²) in [5.74, 6) is -0.721. The minimum Gasteiger partial charge on any atom is -0.481 e. The molecule has 19 heavy (non-hydrogen) atoms. The van der Waals surface area contributed by atoms with E-state index in [-0.39, 0.29) is 12.3 Å². The number of carboxylic acids is 1. The summed E-state index contributed by atoms with van der Waals surface area (Å²) in [5, 5.41) is 11.3. The molecular weight excluding hydrogens is 262 g/mol. The second-order valence-electron chi connectivity index (χ2n) is 4.57. The summed E-state index contributed by atoms with van der Waals surface area (Å²) >= 11 is 1.78. The molecule has 4 nitrogen and oxygen atoms in total. The number of carboxylic acid groups (broad SMARTS) is 1. The van der Waals surface area contributed by atoms with Crippen LogP contribution in [0.1, 0.15) is 41.9 Å². The third-order valence-electron chi connectivity index (χ3n) is 2.76. The first-order chi connectivity index (χ1) is 9.08. The second-order valence-corrected chi connectivity index (χ2v) is 5.94. The molecule has 5 heteroatoms. The smallest absolute Gasteiger partial charge is 0.303 e. The molecule has 0 aromatic carbocycles. The van der Waals surface area contributed by atoms with Crippen LogP contribution in [0.25, 0.3) is 0 Å². The Kier molecular flexibility index (Phi) is 7.18. The zero-order chi connectivity index (χ0) is 14.1. The molecule has 106 valence electrons. The van der Waals surface area contributed by atoms with Gasteiger partial charge in [-0.2, -0.15) is 0 Å². The SMILES string of the molecule is Cc1ccc(CCCC(=O)NCCCCC(=O)O)s1. The zero-order valence-corrected chi connectivity index (χ0v) is 12.1. The van der Waals surface area contributed by atoms with Crippen LogP contribution >= 0.6 is 11.3 Å². The molecule has 0 aliphatic heterocycles. The van der Waals surface area contributed by atoms with E-state index in [2.05, 4.69) is 24.4 Å². The number of nitrogens with one attached hydrogen (secondary N) is 1. The molecule has 1 rings (SSSR count). The van der Waals surface area contributed by atoms with Crippen LogP contribution in [-0.4, -0.2) is 23.5 Å². The molecule has 0 aliphatic rings. The predicted octanol–water partition coefficient (Wildman–Crippen LogP) is 2.75. The van der Waals surface area contributed by atoms with Crippen LogP contribution in [0.3, 0.4) is 0 Å². The molecule has 0 saturated heterocycles. The topological polar surface area (TPSA) is 66.4 Å². The van der Waals surface area contributed by atoms with E-state index in [0.717, 1.165) is 19.3 Å². The fraction of sp³-hybridized carbons (Fsp3) is 0.571. The number of carbonyl (C=O) groups is 2. The highest BCUT2D eigenvalue weighted by Crippen LogP contribution is 2.17. The van der Waals surface area contributed by atoms with E-state index in [1.165, 1.54) is 9.75 Å². The molecule has 2 N–H and O–H groups in total. The molecule has 0 bridgehead atoms. The highest BCUT2D eigenvalue weighted by atomic mass is 32.1. The Balaban J connectivity index is 2.00. The van der Waals surface area contributed by atoms with Crippen molar-refractivity contribution >= 4 is 23.2 Å².